The van der Waals surface area contributed by atoms with E-state index in [4.69, 9.17) is 4.74 Å². The second kappa shape index (κ2) is 7.20. The lowest BCUT2D eigenvalue weighted by atomic mass is 9.92. The quantitative estimate of drug-likeness (QED) is 0.811. The average molecular weight is 330 g/mol. The highest BCUT2D eigenvalue weighted by Crippen LogP contribution is 2.32. The van der Waals surface area contributed by atoms with Crippen molar-refractivity contribution in [2.75, 3.05) is 25.1 Å². The van der Waals surface area contributed by atoms with Gasteiger partial charge < -0.3 is 10.1 Å². The largest absolute Gasteiger partial charge is 0.381 e. The molecule has 1 aromatic heterocycles. The van der Waals surface area contributed by atoms with Gasteiger partial charge in [-0.1, -0.05) is 20.8 Å². The van der Waals surface area contributed by atoms with Crippen molar-refractivity contribution in [1.82, 2.24) is 9.97 Å². The van der Waals surface area contributed by atoms with Crippen molar-refractivity contribution >= 4 is 21.7 Å². The summed E-state index contributed by atoms with van der Waals surface area (Å²) in [5, 5.41) is 3.28. The summed E-state index contributed by atoms with van der Waals surface area (Å²) in [5.41, 5.74) is 1.01. The van der Waals surface area contributed by atoms with Gasteiger partial charge in [0, 0.05) is 25.0 Å². The monoisotopic (exact) mass is 329 g/mol. The number of hydrogen-bond acceptors (Lipinski definition) is 4. The van der Waals surface area contributed by atoms with Gasteiger partial charge in [0.25, 0.3) is 0 Å². The van der Waals surface area contributed by atoms with Gasteiger partial charge in [0.15, 0.2) is 0 Å². The Hall–Kier alpha value is -0.680. The van der Waals surface area contributed by atoms with Gasteiger partial charge in [-0.3, -0.25) is 0 Å². The maximum Gasteiger partial charge on any atom is 0.144 e. The number of halogens is 1. The second-order valence-electron chi connectivity index (χ2n) is 5.38. The molecule has 1 rings (SSSR count). The molecule has 0 fully saturated rings. The Morgan fingerprint density at radius 2 is 1.89 bits per heavy atom. The highest BCUT2D eigenvalue weighted by molar-refractivity contribution is 9.10. The third-order valence-corrected chi connectivity index (χ3v) is 3.38. The topological polar surface area (TPSA) is 47.0 Å². The Labute approximate surface area is 124 Å². The van der Waals surface area contributed by atoms with Crippen LogP contribution in [0.4, 0.5) is 5.82 Å². The zero-order valence-corrected chi connectivity index (χ0v) is 14.1. The van der Waals surface area contributed by atoms with E-state index in [2.05, 4.69) is 58.9 Å². The summed E-state index contributed by atoms with van der Waals surface area (Å²) in [6.45, 7) is 12.7. The number of ether oxygens (including phenoxy) is 1. The van der Waals surface area contributed by atoms with Crippen molar-refractivity contribution in [2.24, 2.45) is 0 Å². The minimum atomic E-state index is -0.0215. The third kappa shape index (κ3) is 4.73. The Kier molecular flexibility index (Phi) is 6.20. The Balaban J connectivity index is 3.08. The molecule has 0 spiro atoms. The molecule has 4 nitrogen and oxygen atoms in total. The molecule has 0 aromatic carbocycles. The number of rotatable bonds is 6. The lowest BCUT2D eigenvalue weighted by Crippen LogP contribution is -2.19. The van der Waals surface area contributed by atoms with Crippen molar-refractivity contribution in [3.63, 3.8) is 0 Å². The first-order valence-electron chi connectivity index (χ1n) is 6.78. The normalized spacial score (nSPS) is 11.7. The lowest BCUT2D eigenvalue weighted by Gasteiger charge is -2.22. The summed E-state index contributed by atoms with van der Waals surface area (Å²) in [6.07, 6.45) is 0.739. The molecule has 0 saturated carbocycles. The van der Waals surface area contributed by atoms with E-state index in [1.165, 1.54) is 0 Å². The molecular formula is C14H24BrN3O. The van der Waals surface area contributed by atoms with Gasteiger partial charge in [0.1, 0.15) is 11.6 Å². The predicted octanol–water partition coefficient (Wildman–Crippen LogP) is 3.55. The van der Waals surface area contributed by atoms with Crippen molar-refractivity contribution in [1.29, 1.82) is 0 Å². The van der Waals surface area contributed by atoms with Crippen LogP contribution in [0.5, 0.6) is 0 Å². The van der Waals surface area contributed by atoms with Gasteiger partial charge in [-0.2, -0.15) is 0 Å². The summed E-state index contributed by atoms with van der Waals surface area (Å²) in [5.74, 6) is 1.70. The number of anilines is 1. The maximum atomic E-state index is 5.38. The Bertz CT molecular complexity index is 416. The molecule has 0 amide bonds. The van der Waals surface area contributed by atoms with E-state index in [9.17, 15) is 0 Å². The van der Waals surface area contributed by atoms with E-state index in [0.717, 1.165) is 41.4 Å². The summed E-state index contributed by atoms with van der Waals surface area (Å²) < 4.78 is 6.34. The number of hydrogen-bond donors (Lipinski definition) is 1. The second-order valence-corrected chi connectivity index (χ2v) is 6.17. The molecule has 0 atom stereocenters. The standard InChI is InChI=1S/C14H24BrN3O/c1-6-16-13-11(15)12(14(3,4)5)17-10(18-13)8-9-19-7-2/h6-9H2,1-5H3,(H,16,17,18). The van der Waals surface area contributed by atoms with E-state index in [-0.39, 0.29) is 5.41 Å². The van der Waals surface area contributed by atoms with Crippen LogP contribution in [0.15, 0.2) is 4.47 Å². The fourth-order valence-corrected chi connectivity index (χ4v) is 2.61. The summed E-state index contributed by atoms with van der Waals surface area (Å²) >= 11 is 3.62. The van der Waals surface area contributed by atoms with Crippen LogP contribution in [-0.4, -0.2) is 29.7 Å². The Morgan fingerprint density at radius 3 is 2.42 bits per heavy atom. The zero-order chi connectivity index (χ0) is 14.5. The minimum Gasteiger partial charge on any atom is -0.381 e. The van der Waals surface area contributed by atoms with Crippen LogP contribution in [0.2, 0.25) is 0 Å². The van der Waals surface area contributed by atoms with Crippen molar-refractivity contribution in [3.8, 4) is 0 Å². The molecule has 0 saturated heterocycles. The van der Waals surface area contributed by atoms with Crippen LogP contribution < -0.4 is 5.32 Å². The van der Waals surface area contributed by atoms with E-state index in [1.54, 1.807) is 0 Å². The van der Waals surface area contributed by atoms with Crippen LogP contribution in [-0.2, 0) is 16.6 Å². The average Bonchev–Trinajstić information content (AvgIpc) is 2.32. The number of nitrogens with one attached hydrogen (secondary N) is 1. The fourth-order valence-electron chi connectivity index (χ4n) is 1.69. The molecule has 0 aliphatic carbocycles. The predicted molar refractivity (Wildman–Crippen MR) is 82.8 cm³/mol. The van der Waals surface area contributed by atoms with Gasteiger partial charge in [0.05, 0.1) is 16.8 Å². The summed E-state index contributed by atoms with van der Waals surface area (Å²) in [7, 11) is 0. The van der Waals surface area contributed by atoms with E-state index in [0.29, 0.717) is 6.61 Å². The summed E-state index contributed by atoms with van der Waals surface area (Å²) in [6, 6.07) is 0. The first-order valence-corrected chi connectivity index (χ1v) is 7.58. The molecular weight excluding hydrogens is 306 g/mol. The minimum absolute atomic E-state index is 0.0215. The highest BCUT2D eigenvalue weighted by atomic mass is 79.9. The van der Waals surface area contributed by atoms with Crippen LogP contribution >= 0.6 is 15.9 Å². The van der Waals surface area contributed by atoms with Gasteiger partial charge in [0.2, 0.25) is 0 Å². The molecule has 0 aliphatic heterocycles. The molecule has 0 bridgehead atoms. The van der Waals surface area contributed by atoms with Crippen molar-refractivity contribution < 1.29 is 4.74 Å². The first-order chi connectivity index (χ1) is 8.90. The smallest absolute Gasteiger partial charge is 0.144 e. The maximum absolute atomic E-state index is 5.38. The highest BCUT2D eigenvalue weighted by Gasteiger charge is 2.22. The Morgan fingerprint density at radius 1 is 1.21 bits per heavy atom. The van der Waals surface area contributed by atoms with Crippen molar-refractivity contribution in [2.45, 2.75) is 46.5 Å². The van der Waals surface area contributed by atoms with Gasteiger partial charge in [-0.05, 0) is 29.8 Å². The molecule has 19 heavy (non-hydrogen) atoms. The lowest BCUT2D eigenvalue weighted by molar-refractivity contribution is 0.149. The molecule has 5 heteroatoms. The number of nitrogens with zero attached hydrogens (tertiary/aromatic N) is 2. The molecule has 1 aromatic rings. The summed E-state index contributed by atoms with van der Waals surface area (Å²) in [4.78, 5) is 9.24. The van der Waals surface area contributed by atoms with Crippen LogP contribution in [0, 0.1) is 0 Å². The van der Waals surface area contributed by atoms with Crippen molar-refractivity contribution in [3.05, 3.63) is 16.0 Å². The third-order valence-electron chi connectivity index (χ3n) is 2.63. The van der Waals surface area contributed by atoms with Crippen LogP contribution in [0.1, 0.15) is 46.1 Å². The molecule has 0 aliphatic rings. The fraction of sp³-hybridized carbons (Fsp3) is 0.714. The zero-order valence-electron chi connectivity index (χ0n) is 12.5. The van der Waals surface area contributed by atoms with Crippen LogP contribution in [0.25, 0.3) is 0 Å². The molecule has 108 valence electrons. The molecule has 1 heterocycles. The van der Waals surface area contributed by atoms with E-state index in [1.807, 2.05) is 6.92 Å². The van der Waals surface area contributed by atoms with Gasteiger partial charge in [-0.15, -0.1) is 0 Å². The molecule has 1 N–H and O–H groups in total. The van der Waals surface area contributed by atoms with Gasteiger partial charge in [-0.25, -0.2) is 9.97 Å². The molecule has 0 unspecified atom stereocenters. The van der Waals surface area contributed by atoms with E-state index < -0.39 is 0 Å². The SMILES string of the molecule is CCNc1nc(CCOCC)nc(C(C)(C)C)c1Br. The van der Waals surface area contributed by atoms with Gasteiger partial charge >= 0.3 is 0 Å². The first kappa shape index (κ1) is 16.4. The van der Waals surface area contributed by atoms with Crippen LogP contribution in [0.3, 0.4) is 0 Å². The van der Waals surface area contributed by atoms with E-state index >= 15 is 0 Å². The molecule has 0 radical (unpaired) electrons. The number of aromatic nitrogens is 2.